The minimum absolute atomic E-state index is 0.0988. The minimum atomic E-state index is -0.115. The van der Waals surface area contributed by atoms with Gasteiger partial charge in [-0.05, 0) is 87.5 Å². The topological polar surface area (TPSA) is 61.4 Å². The summed E-state index contributed by atoms with van der Waals surface area (Å²) in [6.07, 6.45) is 12.3. The molecular weight excluding hydrogens is 410 g/mol. The zero-order chi connectivity index (χ0) is 22.4. The van der Waals surface area contributed by atoms with Gasteiger partial charge in [-0.2, -0.15) is 0 Å². The number of hydrogen-bond acceptors (Lipinski definition) is 3. The number of hydrogen-bond donors (Lipinski definition) is 2. The second-order valence-electron chi connectivity index (χ2n) is 12.0. The average molecular weight is 450 g/mol. The molecule has 2 amide bonds. The maximum absolute atomic E-state index is 13.1. The molecule has 1 aromatic rings. The summed E-state index contributed by atoms with van der Waals surface area (Å²) in [6.45, 7) is 1.50. The molecule has 4 saturated carbocycles. The van der Waals surface area contributed by atoms with Crippen molar-refractivity contribution in [1.29, 1.82) is 0 Å². The molecule has 33 heavy (non-hydrogen) atoms. The predicted molar refractivity (Wildman–Crippen MR) is 128 cm³/mol. The molecule has 2 N–H and O–H groups in total. The number of amides is 2. The molecule has 2 aliphatic heterocycles. The first kappa shape index (κ1) is 21.6. The van der Waals surface area contributed by atoms with Crippen LogP contribution in [0, 0.1) is 23.2 Å². The van der Waals surface area contributed by atoms with Gasteiger partial charge in [0.15, 0.2) is 0 Å². The van der Waals surface area contributed by atoms with E-state index in [4.69, 9.17) is 0 Å². The number of carbonyl (C=O) groups excluding carboxylic acids is 2. The van der Waals surface area contributed by atoms with Crippen molar-refractivity contribution in [3.05, 3.63) is 35.9 Å². The van der Waals surface area contributed by atoms with Gasteiger partial charge in [0.05, 0.1) is 0 Å². The molecule has 1 aromatic carbocycles. The molecule has 178 valence electrons. The molecule has 2 heterocycles. The fourth-order valence-electron chi connectivity index (χ4n) is 8.61. The van der Waals surface area contributed by atoms with Crippen molar-refractivity contribution in [3.8, 4) is 0 Å². The van der Waals surface area contributed by atoms with Gasteiger partial charge in [0.25, 0.3) is 0 Å². The number of nitrogens with zero attached hydrogens (tertiary/aromatic N) is 1. The standard InChI is InChI=1S/C28H39N3O2/c32-26(8-9-29-27(33)28-15-20-10-21(16-28)12-22(11-20)17-28)30-23-13-24-6-7-25(14-23)31(24)18-19-4-2-1-3-5-19/h1-5,20-25H,6-18H2,(H,29,33)(H,30,32). The van der Waals surface area contributed by atoms with Gasteiger partial charge in [-0.1, -0.05) is 30.3 Å². The van der Waals surface area contributed by atoms with Gasteiger partial charge in [0.1, 0.15) is 0 Å². The van der Waals surface area contributed by atoms with Crippen molar-refractivity contribution in [2.24, 2.45) is 23.2 Å². The summed E-state index contributed by atoms with van der Waals surface area (Å²) < 4.78 is 0. The quantitative estimate of drug-likeness (QED) is 0.661. The number of rotatable bonds is 7. The number of nitrogens with one attached hydrogen (secondary N) is 2. The van der Waals surface area contributed by atoms with E-state index in [1.807, 2.05) is 0 Å². The summed E-state index contributed by atoms with van der Waals surface area (Å²) in [6, 6.07) is 12.2. The van der Waals surface area contributed by atoms with Crippen LogP contribution in [0.4, 0.5) is 0 Å². The lowest BCUT2D eigenvalue weighted by Gasteiger charge is -2.55. The van der Waals surface area contributed by atoms with Crippen LogP contribution in [-0.2, 0) is 16.1 Å². The predicted octanol–water partition coefficient (Wildman–Crippen LogP) is 4.02. The lowest BCUT2D eigenvalue weighted by atomic mass is 9.49. The minimum Gasteiger partial charge on any atom is -0.355 e. The summed E-state index contributed by atoms with van der Waals surface area (Å²) in [5.41, 5.74) is 1.27. The molecular formula is C28H39N3O2. The van der Waals surface area contributed by atoms with Crippen molar-refractivity contribution in [2.45, 2.75) is 95.3 Å². The Kier molecular flexibility index (Phi) is 5.72. The Hall–Kier alpha value is -1.88. The summed E-state index contributed by atoms with van der Waals surface area (Å²) in [7, 11) is 0. The monoisotopic (exact) mass is 449 g/mol. The van der Waals surface area contributed by atoms with E-state index < -0.39 is 0 Å². The smallest absolute Gasteiger partial charge is 0.226 e. The van der Waals surface area contributed by atoms with Crippen LogP contribution in [0.2, 0.25) is 0 Å². The highest BCUT2D eigenvalue weighted by atomic mass is 16.2. The molecule has 5 nitrogen and oxygen atoms in total. The molecule has 0 spiro atoms. The van der Waals surface area contributed by atoms with Crippen LogP contribution in [0.3, 0.4) is 0 Å². The van der Waals surface area contributed by atoms with Gasteiger partial charge < -0.3 is 10.6 Å². The highest BCUT2D eigenvalue weighted by molar-refractivity contribution is 5.84. The van der Waals surface area contributed by atoms with E-state index in [0.29, 0.717) is 25.0 Å². The van der Waals surface area contributed by atoms with Gasteiger partial charge in [-0.25, -0.2) is 0 Å². The van der Waals surface area contributed by atoms with Crippen LogP contribution in [-0.4, -0.2) is 41.4 Å². The Morgan fingerprint density at radius 1 is 0.879 bits per heavy atom. The van der Waals surface area contributed by atoms with Crippen molar-refractivity contribution < 1.29 is 9.59 Å². The molecule has 6 aliphatic rings. The first-order valence-electron chi connectivity index (χ1n) is 13.4. The molecule has 5 heteroatoms. The van der Waals surface area contributed by atoms with Gasteiger partial charge in [-0.3, -0.25) is 14.5 Å². The summed E-state index contributed by atoms with van der Waals surface area (Å²) in [5, 5.41) is 6.46. The van der Waals surface area contributed by atoms with Crippen LogP contribution in [0.25, 0.3) is 0 Å². The molecule has 2 unspecified atom stereocenters. The lowest BCUT2D eigenvalue weighted by Crippen LogP contribution is -2.54. The van der Waals surface area contributed by atoms with Crippen LogP contribution in [0.5, 0.6) is 0 Å². The van der Waals surface area contributed by atoms with Crippen molar-refractivity contribution in [3.63, 3.8) is 0 Å². The number of fused-ring (bicyclic) bond motifs is 2. The SMILES string of the molecule is O=C(CCNC(=O)C12CC3CC(CC(C3)C1)C2)NC1CC2CCC(C1)N2Cc1ccccc1. The Bertz CT molecular complexity index is 835. The van der Waals surface area contributed by atoms with E-state index >= 15 is 0 Å². The molecule has 6 fully saturated rings. The highest BCUT2D eigenvalue weighted by Gasteiger charge is 2.54. The molecule has 0 aromatic heterocycles. The van der Waals surface area contributed by atoms with Gasteiger partial charge in [0, 0.05) is 43.1 Å². The van der Waals surface area contributed by atoms with Gasteiger partial charge >= 0.3 is 0 Å². The zero-order valence-corrected chi connectivity index (χ0v) is 19.8. The Balaban J connectivity index is 0.957. The summed E-state index contributed by atoms with van der Waals surface area (Å²) in [4.78, 5) is 28.4. The maximum atomic E-state index is 13.1. The second kappa shape index (κ2) is 8.72. The largest absolute Gasteiger partial charge is 0.355 e. The van der Waals surface area contributed by atoms with Crippen LogP contribution in [0.15, 0.2) is 30.3 Å². The van der Waals surface area contributed by atoms with E-state index in [9.17, 15) is 9.59 Å². The Morgan fingerprint density at radius 2 is 1.48 bits per heavy atom. The number of carbonyl (C=O) groups is 2. The summed E-state index contributed by atoms with van der Waals surface area (Å²) in [5.74, 6) is 2.65. The first-order chi connectivity index (χ1) is 16.1. The summed E-state index contributed by atoms with van der Waals surface area (Å²) >= 11 is 0. The fourth-order valence-corrected chi connectivity index (χ4v) is 8.61. The van der Waals surface area contributed by atoms with Crippen molar-refractivity contribution in [1.82, 2.24) is 15.5 Å². The third-order valence-corrected chi connectivity index (χ3v) is 9.61. The van der Waals surface area contributed by atoms with Gasteiger partial charge in [-0.15, -0.1) is 0 Å². The number of benzene rings is 1. The third-order valence-electron chi connectivity index (χ3n) is 9.61. The average Bonchev–Trinajstić information content (AvgIpc) is 3.01. The Labute approximate surface area is 198 Å². The molecule has 2 atom stereocenters. The van der Waals surface area contributed by atoms with Crippen LogP contribution < -0.4 is 10.6 Å². The third kappa shape index (κ3) is 4.34. The van der Waals surface area contributed by atoms with Crippen LogP contribution >= 0.6 is 0 Å². The van der Waals surface area contributed by atoms with Crippen LogP contribution in [0.1, 0.15) is 76.2 Å². The first-order valence-corrected chi connectivity index (χ1v) is 13.4. The molecule has 6 bridgehead atoms. The van der Waals surface area contributed by atoms with E-state index in [1.54, 1.807) is 0 Å². The molecule has 7 rings (SSSR count). The van der Waals surface area contributed by atoms with E-state index in [2.05, 4.69) is 45.9 Å². The highest BCUT2D eigenvalue weighted by Crippen LogP contribution is 2.60. The molecule has 4 aliphatic carbocycles. The second-order valence-corrected chi connectivity index (χ2v) is 12.0. The van der Waals surface area contributed by atoms with E-state index in [-0.39, 0.29) is 23.3 Å². The Morgan fingerprint density at radius 3 is 2.09 bits per heavy atom. The number of piperidine rings is 1. The zero-order valence-electron chi connectivity index (χ0n) is 19.8. The fraction of sp³-hybridized carbons (Fsp3) is 0.714. The maximum Gasteiger partial charge on any atom is 0.226 e. The van der Waals surface area contributed by atoms with E-state index in [0.717, 1.165) is 56.4 Å². The van der Waals surface area contributed by atoms with Gasteiger partial charge in [0.2, 0.25) is 11.8 Å². The lowest BCUT2D eigenvalue weighted by molar-refractivity contribution is -0.146. The van der Waals surface area contributed by atoms with Crippen molar-refractivity contribution >= 4 is 11.8 Å². The van der Waals surface area contributed by atoms with Crippen molar-refractivity contribution in [2.75, 3.05) is 6.54 Å². The molecule has 0 radical (unpaired) electrons. The normalized spacial score (nSPS) is 38.9. The molecule has 2 saturated heterocycles. The van der Waals surface area contributed by atoms with E-state index in [1.165, 1.54) is 37.7 Å².